The average molecular weight is 373 g/mol. The van der Waals surface area contributed by atoms with E-state index < -0.39 is 11.2 Å². The zero-order chi connectivity index (χ0) is 19.9. The molecule has 3 rings (SSSR count). The van der Waals surface area contributed by atoms with Crippen LogP contribution in [0.15, 0.2) is 18.2 Å². The van der Waals surface area contributed by atoms with Crippen LogP contribution < -0.4 is 4.74 Å². The number of hydrogen-bond donors (Lipinski definition) is 1. The summed E-state index contributed by atoms with van der Waals surface area (Å²) in [6.07, 6.45) is 7.62. The molecule has 1 fully saturated rings. The van der Waals surface area contributed by atoms with Crippen molar-refractivity contribution in [1.82, 2.24) is 0 Å². The summed E-state index contributed by atoms with van der Waals surface area (Å²) < 4.78 is 6.40. The Morgan fingerprint density at radius 3 is 2.67 bits per heavy atom. The van der Waals surface area contributed by atoms with E-state index in [-0.39, 0.29) is 23.5 Å². The zero-order valence-electron chi connectivity index (χ0n) is 17.7. The topological polar surface area (TPSA) is 46.5 Å². The van der Waals surface area contributed by atoms with Crippen molar-refractivity contribution in [3.63, 3.8) is 0 Å². The van der Waals surface area contributed by atoms with E-state index in [9.17, 15) is 9.90 Å². The largest absolute Gasteiger partial charge is 0.487 e. The second-order valence-corrected chi connectivity index (χ2v) is 9.84. The van der Waals surface area contributed by atoms with E-state index >= 15 is 0 Å². The number of aliphatic hydroxyl groups is 1. The first-order valence-electron chi connectivity index (χ1n) is 10.7. The highest BCUT2D eigenvalue weighted by Crippen LogP contribution is 2.54. The molecule has 0 saturated heterocycles. The molecule has 1 N–H and O–H groups in total. The molecular formula is C24H36O3. The number of ketones is 1. The van der Waals surface area contributed by atoms with Gasteiger partial charge in [-0.25, -0.2) is 0 Å². The van der Waals surface area contributed by atoms with Gasteiger partial charge in [-0.2, -0.15) is 0 Å². The second-order valence-electron chi connectivity index (χ2n) is 9.84. The summed E-state index contributed by atoms with van der Waals surface area (Å²) in [4.78, 5) is 12.1. The maximum Gasteiger partial charge on any atom is 0.136 e. The van der Waals surface area contributed by atoms with Crippen LogP contribution in [-0.2, 0) is 15.8 Å². The standard InChI is InChI=1S/C24H36O3/c1-6-7-8-9-14-22(2,3)17-10-12-19-20(15-17)27-23(4,5)21-13-11-18(25)16-24(19,21)26/h10,12,15,21,26H,6-9,11,13-14,16H2,1-5H3. The summed E-state index contributed by atoms with van der Waals surface area (Å²) in [7, 11) is 0. The third-order valence-electron chi connectivity index (χ3n) is 6.85. The SMILES string of the molecule is CCCCCCC(C)(C)c1ccc2c(c1)OC(C)(C)C1CCC(=O)CC21O. The third-order valence-corrected chi connectivity index (χ3v) is 6.85. The van der Waals surface area contributed by atoms with Gasteiger partial charge in [0.15, 0.2) is 0 Å². The summed E-state index contributed by atoms with van der Waals surface area (Å²) in [5.74, 6) is 0.855. The van der Waals surface area contributed by atoms with Gasteiger partial charge in [-0.05, 0) is 43.7 Å². The molecule has 1 aliphatic heterocycles. The van der Waals surface area contributed by atoms with Crippen LogP contribution in [0.25, 0.3) is 0 Å². The van der Waals surface area contributed by atoms with Crippen molar-refractivity contribution in [2.45, 2.75) is 103 Å². The maximum absolute atomic E-state index is 12.1. The van der Waals surface area contributed by atoms with Crippen molar-refractivity contribution in [2.75, 3.05) is 0 Å². The molecule has 27 heavy (non-hydrogen) atoms. The average Bonchev–Trinajstić information content (AvgIpc) is 2.57. The first-order valence-corrected chi connectivity index (χ1v) is 10.7. The molecule has 1 aromatic rings. The van der Waals surface area contributed by atoms with Gasteiger partial charge in [-0.3, -0.25) is 4.79 Å². The molecular weight excluding hydrogens is 336 g/mol. The highest BCUT2D eigenvalue weighted by atomic mass is 16.5. The van der Waals surface area contributed by atoms with Gasteiger partial charge in [0.1, 0.15) is 22.7 Å². The Morgan fingerprint density at radius 1 is 1.22 bits per heavy atom. The lowest BCUT2D eigenvalue weighted by Gasteiger charge is -2.52. The molecule has 150 valence electrons. The first kappa shape index (κ1) is 20.4. The predicted molar refractivity (Wildman–Crippen MR) is 109 cm³/mol. The number of benzene rings is 1. The number of carbonyl (C=O) groups excluding carboxylic acids is 1. The van der Waals surface area contributed by atoms with Crippen LogP contribution in [0.1, 0.15) is 97.1 Å². The van der Waals surface area contributed by atoms with Gasteiger partial charge in [0, 0.05) is 24.3 Å². The molecule has 1 aliphatic carbocycles. The van der Waals surface area contributed by atoms with Gasteiger partial charge < -0.3 is 9.84 Å². The smallest absolute Gasteiger partial charge is 0.136 e. The number of hydrogen-bond acceptors (Lipinski definition) is 3. The van der Waals surface area contributed by atoms with Crippen LogP contribution in [0.5, 0.6) is 5.75 Å². The first-order chi connectivity index (χ1) is 12.6. The number of Topliss-reactive ketones (excluding diaryl/α,β-unsaturated/α-hetero) is 1. The molecule has 0 radical (unpaired) electrons. The van der Waals surface area contributed by atoms with E-state index in [0.717, 1.165) is 17.7 Å². The minimum Gasteiger partial charge on any atom is -0.487 e. The molecule has 0 amide bonds. The van der Waals surface area contributed by atoms with Crippen molar-refractivity contribution in [2.24, 2.45) is 5.92 Å². The molecule has 2 unspecified atom stereocenters. The van der Waals surface area contributed by atoms with Crippen LogP contribution >= 0.6 is 0 Å². The number of rotatable bonds is 6. The number of unbranched alkanes of at least 4 members (excludes halogenated alkanes) is 3. The van der Waals surface area contributed by atoms with Crippen molar-refractivity contribution < 1.29 is 14.6 Å². The number of ether oxygens (including phenoxy) is 1. The van der Waals surface area contributed by atoms with Gasteiger partial charge >= 0.3 is 0 Å². The lowest BCUT2D eigenvalue weighted by atomic mass is 9.63. The number of fused-ring (bicyclic) bond motifs is 3. The van der Waals surface area contributed by atoms with Gasteiger partial charge in [-0.15, -0.1) is 0 Å². The summed E-state index contributed by atoms with van der Waals surface area (Å²) in [5, 5.41) is 11.5. The lowest BCUT2D eigenvalue weighted by Crippen LogP contribution is -2.56. The van der Waals surface area contributed by atoms with Gasteiger partial charge in [0.2, 0.25) is 0 Å². The van der Waals surface area contributed by atoms with Crippen molar-refractivity contribution in [1.29, 1.82) is 0 Å². The minimum absolute atomic E-state index is 0.0527. The summed E-state index contributed by atoms with van der Waals surface area (Å²) in [6.45, 7) is 10.9. The van der Waals surface area contributed by atoms with E-state index in [2.05, 4.69) is 32.9 Å². The maximum atomic E-state index is 12.1. The predicted octanol–water partition coefficient (Wildman–Crippen LogP) is 5.66. The zero-order valence-corrected chi connectivity index (χ0v) is 17.7. The van der Waals surface area contributed by atoms with Crippen molar-refractivity contribution in [3.8, 4) is 5.75 Å². The van der Waals surface area contributed by atoms with Crippen LogP contribution in [-0.4, -0.2) is 16.5 Å². The highest BCUT2D eigenvalue weighted by Gasteiger charge is 2.55. The van der Waals surface area contributed by atoms with E-state index in [1.54, 1.807) is 0 Å². The Kier molecular flexibility index (Phi) is 5.46. The van der Waals surface area contributed by atoms with Crippen molar-refractivity contribution >= 4 is 5.78 Å². The van der Waals surface area contributed by atoms with Crippen LogP contribution in [0.4, 0.5) is 0 Å². The van der Waals surface area contributed by atoms with Crippen molar-refractivity contribution in [3.05, 3.63) is 29.3 Å². The third kappa shape index (κ3) is 3.81. The Labute approximate surface area is 164 Å². The van der Waals surface area contributed by atoms with Crippen LogP contribution in [0.2, 0.25) is 0 Å². The van der Waals surface area contributed by atoms with Gasteiger partial charge in [0.05, 0.1) is 0 Å². The molecule has 1 saturated carbocycles. The number of carbonyl (C=O) groups is 1. The lowest BCUT2D eigenvalue weighted by molar-refractivity contribution is -0.160. The summed E-state index contributed by atoms with van der Waals surface area (Å²) in [6, 6.07) is 6.26. The fraction of sp³-hybridized carbons (Fsp3) is 0.708. The summed E-state index contributed by atoms with van der Waals surface area (Å²) >= 11 is 0. The molecule has 0 aromatic heterocycles. The van der Waals surface area contributed by atoms with Crippen LogP contribution in [0.3, 0.4) is 0 Å². The Balaban J connectivity index is 1.92. The molecule has 0 spiro atoms. The van der Waals surface area contributed by atoms with E-state index in [1.165, 1.54) is 31.2 Å². The van der Waals surface area contributed by atoms with Crippen LogP contribution in [0, 0.1) is 5.92 Å². The fourth-order valence-corrected chi connectivity index (χ4v) is 5.14. The fourth-order valence-electron chi connectivity index (χ4n) is 5.14. The minimum atomic E-state index is -1.10. The Hall–Kier alpha value is -1.35. The molecule has 1 aromatic carbocycles. The quantitative estimate of drug-likeness (QED) is 0.655. The van der Waals surface area contributed by atoms with Gasteiger partial charge in [0.25, 0.3) is 0 Å². The van der Waals surface area contributed by atoms with E-state index in [1.807, 2.05) is 19.9 Å². The molecule has 3 nitrogen and oxygen atoms in total. The molecule has 2 aliphatic rings. The Bertz CT molecular complexity index is 704. The molecule has 3 heteroatoms. The summed E-state index contributed by atoms with van der Waals surface area (Å²) in [5.41, 5.74) is 0.531. The highest BCUT2D eigenvalue weighted by molar-refractivity contribution is 5.81. The molecule has 1 heterocycles. The second kappa shape index (κ2) is 7.24. The normalized spacial score (nSPS) is 26.9. The Morgan fingerprint density at radius 2 is 1.96 bits per heavy atom. The monoisotopic (exact) mass is 372 g/mol. The van der Waals surface area contributed by atoms with Gasteiger partial charge in [-0.1, -0.05) is 58.6 Å². The molecule has 2 atom stereocenters. The van der Waals surface area contributed by atoms with E-state index in [0.29, 0.717) is 12.8 Å². The molecule has 0 bridgehead atoms. The van der Waals surface area contributed by atoms with E-state index in [4.69, 9.17) is 4.74 Å².